The van der Waals surface area contributed by atoms with E-state index < -0.39 is 46.5 Å². The Morgan fingerprint density at radius 1 is 0.941 bits per heavy atom. The molecule has 5 nitrogen and oxygen atoms in total. The number of aldehydes is 1. The molecule has 2 aromatic rings. The van der Waals surface area contributed by atoms with E-state index in [-0.39, 0.29) is 28.5 Å². The van der Waals surface area contributed by atoms with E-state index in [0.717, 1.165) is 24.3 Å². The molecule has 0 spiro atoms. The minimum Gasteiger partial charge on any atom is -0.298 e. The zero-order chi connectivity index (χ0) is 25.8. The third kappa shape index (κ3) is 4.78. The Morgan fingerprint density at radius 3 is 2.00 bits per heavy atom. The van der Waals surface area contributed by atoms with Gasteiger partial charge in [0.15, 0.2) is 12.1 Å². The Labute approximate surface area is 194 Å². The quantitative estimate of drug-likeness (QED) is 0.246. The molecule has 2 unspecified atom stereocenters. The molecule has 1 N–H and O–H groups in total. The number of halogens is 4. The molecule has 182 valence electrons. The van der Waals surface area contributed by atoms with Crippen LogP contribution in [0.15, 0.2) is 36.4 Å². The largest absolute Gasteiger partial charge is 0.431 e. The van der Waals surface area contributed by atoms with Gasteiger partial charge in [-0.15, -0.1) is 0 Å². The number of alkyl halides is 4. The molecule has 34 heavy (non-hydrogen) atoms. The summed E-state index contributed by atoms with van der Waals surface area (Å²) in [5.74, 6) is -2.65. The molecule has 2 aromatic carbocycles. The van der Waals surface area contributed by atoms with Crippen LogP contribution in [0.4, 0.5) is 17.6 Å². The van der Waals surface area contributed by atoms with E-state index in [1.54, 1.807) is 13.8 Å². The molecule has 1 aliphatic heterocycles. The highest BCUT2D eigenvalue weighted by Crippen LogP contribution is 2.48. The summed E-state index contributed by atoms with van der Waals surface area (Å²) in [6, 6.07) is 4.86. The molecule has 2 atom stereocenters. The second kappa shape index (κ2) is 10.3. The maximum atomic E-state index is 15.8. The monoisotopic (exact) mass is 479 g/mol. The SMILES string of the molecule is CCC.CCC(C)C(=O)c1ccc(C(F)(c2ccc3c(c2)C(=O)NC3=O)C(F)(F)F)cc1C=O. The number of Topliss-reactive ketones (excluding diaryl/α,β-unsaturated/α-hetero) is 1. The molecule has 0 radical (unpaired) electrons. The third-order valence-corrected chi connectivity index (χ3v) is 5.43. The van der Waals surface area contributed by atoms with Crippen molar-refractivity contribution >= 4 is 23.9 Å². The minimum atomic E-state index is -5.47. The van der Waals surface area contributed by atoms with Crippen LogP contribution in [0.2, 0.25) is 0 Å². The molecule has 9 heteroatoms. The number of carbonyl (C=O) groups excluding carboxylic acids is 4. The Hall–Kier alpha value is -3.36. The fourth-order valence-corrected chi connectivity index (χ4v) is 3.43. The van der Waals surface area contributed by atoms with Gasteiger partial charge in [-0.3, -0.25) is 24.5 Å². The van der Waals surface area contributed by atoms with Gasteiger partial charge in [-0.25, -0.2) is 4.39 Å². The van der Waals surface area contributed by atoms with Gasteiger partial charge >= 0.3 is 6.18 Å². The zero-order valence-corrected chi connectivity index (χ0v) is 19.2. The van der Waals surface area contributed by atoms with Gasteiger partial charge < -0.3 is 0 Å². The summed E-state index contributed by atoms with van der Waals surface area (Å²) >= 11 is 0. The van der Waals surface area contributed by atoms with E-state index in [2.05, 4.69) is 13.8 Å². The van der Waals surface area contributed by atoms with Crippen LogP contribution in [0.25, 0.3) is 0 Å². The Kier molecular flexibility index (Phi) is 8.13. The van der Waals surface area contributed by atoms with E-state index >= 15 is 4.39 Å². The molecule has 0 aliphatic carbocycles. The van der Waals surface area contributed by atoms with Crippen LogP contribution in [-0.4, -0.2) is 30.1 Å². The van der Waals surface area contributed by atoms with E-state index in [1.165, 1.54) is 6.42 Å². The fraction of sp³-hybridized carbons (Fsp3) is 0.360. The van der Waals surface area contributed by atoms with Crippen molar-refractivity contribution in [3.8, 4) is 0 Å². The normalized spacial score (nSPS) is 15.4. The Bertz CT molecular complexity index is 1130. The van der Waals surface area contributed by atoms with Crippen LogP contribution in [0.3, 0.4) is 0 Å². The van der Waals surface area contributed by atoms with Crippen molar-refractivity contribution < 1.29 is 36.7 Å². The van der Waals surface area contributed by atoms with Gasteiger partial charge in [0.2, 0.25) is 0 Å². The van der Waals surface area contributed by atoms with Gasteiger partial charge in [-0.1, -0.05) is 52.3 Å². The van der Waals surface area contributed by atoms with Gasteiger partial charge in [0, 0.05) is 28.2 Å². The topological polar surface area (TPSA) is 80.3 Å². The lowest BCUT2D eigenvalue weighted by molar-refractivity contribution is -0.219. The maximum Gasteiger partial charge on any atom is 0.431 e. The standard InChI is InChI=1S/C22H17F4NO4.C3H8/c1-3-11(2)18(29)15-6-4-13(8-12(15)10-28)21(23,22(24,25)26)14-5-7-16-17(9-14)20(31)27-19(16)30;1-3-2/h4-11H,3H2,1-2H3,(H,27,30,31);3H2,1-2H3. The average Bonchev–Trinajstić information content (AvgIpc) is 3.09. The van der Waals surface area contributed by atoms with Crippen molar-refractivity contribution in [2.45, 2.75) is 52.4 Å². The number of ketones is 1. The summed E-state index contributed by atoms with van der Waals surface area (Å²) < 4.78 is 57.7. The van der Waals surface area contributed by atoms with Crippen LogP contribution in [0.5, 0.6) is 0 Å². The fourth-order valence-electron chi connectivity index (χ4n) is 3.43. The highest BCUT2D eigenvalue weighted by atomic mass is 19.4. The first-order chi connectivity index (χ1) is 15.9. The second-order valence-electron chi connectivity index (χ2n) is 8.00. The van der Waals surface area contributed by atoms with Crippen molar-refractivity contribution in [3.63, 3.8) is 0 Å². The van der Waals surface area contributed by atoms with E-state index in [4.69, 9.17) is 0 Å². The molecule has 0 fully saturated rings. The summed E-state index contributed by atoms with van der Waals surface area (Å²) in [5.41, 5.74) is -6.97. The molecule has 0 bridgehead atoms. The first-order valence-corrected chi connectivity index (χ1v) is 10.8. The van der Waals surface area contributed by atoms with Gasteiger partial charge in [-0.05, 0) is 24.6 Å². The molecule has 1 heterocycles. The van der Waals surface area contributed by atoms with Crippen LogP contribution in [-0.2, 0) is 5.67 Å². The number of hydrogen-bond donors (Lipinski definition) is 1. The third-order valence-electron chi connectivity index (χ3n) is 5.43. The van der Waals surface area contributed by atoms with Crippen LogP contribution < -0.4 is 5.32 Å². The lowest BCUT2D eigenvalue weighted by atomic mass is 9.83. The second-order valence-corrected chi connectivity index (χ2v) is 8.00. The minimum absolute atomic E-state index is 0.100. The van der Waals surface area contributed by atoms with Gasteiger partial charge in [0.1, 0.15) is 0 Å². The van der Waals surface area contributed by atoms with E-state index in [1.807, 2.05) is 5.32 Å². The molecule has 0 saturated heterocycles. The molecular formula is C25H25F4NO4. The number of amides is 2. The van der Waals surface area contributed by atoms with Crippen LogP contribution in [0, 0.1) is 5.92 Å². The Balaban J connectivity index is 0.00000129. The van der Waals surface area contributed by atoms with E-state index in [0.29, 0.717) is 18.6 Å². The highest BCUT2D eigenvalue weighted by molar-refractivity contribution is 6.21. The van der Waals surface area contributed by atoms with Gasteiger partial charge in [0.25, 0.3) is 17.5 Å². The first-order valence-electron chi connectivity index (χ1n) is 10.8. The van der Waals surface area contributed by atoms with Crippen molar-refractivity contribution in [2.75, 3.05) is 0 Å². The zero-order valence-electron chi connectivity index (χ0n) is 19.2. The average molecular weight is 479 g/mol. The smallest absolute Gasteiger partial charge is 0.298 e. The predicted molar refractivity (Wildman–Crippen MR) is 118 cm³/mol. The molecule has 3 rings (SSSR count). The summed E-state index contributed by atoms with van der Waals surface area (Å²) in [6.07, 6.45) is -3.57. The number of benzene rings is 2. The Morgan fingerprint density at radius 2 is 1.47 bits per heavy atom. The van der Waals surface area contributed by atoms with Crippen molar-refractivity contribution in [3.05, 3.63) is 69.8 Å². The molecule has 1 aliphatic rings. The summed E-state index contributed by atoms with van der Waals surface area (Å²) in [4.78, 5) is 47.4. The number of nitrogens with one attached hydrogen (secondary N) is 1. The first kappa shape index (κ1) is 26.9. The van der Waals surface area contributed by atoms with E-state index in [9.17, 15) is 32.3 Å². The number of fused-ring (bicyclic) bond motifs is 1. The molecule has 2 amide bonds. The number of carbonyl (C=O) groups is 4. The summed E-state index contributed by atoms with van der Waals surface area (Å²) in [7, 11) is 0. The molecule has 0 saturated carbocycles. The number of imide groups is 1. The summed E-state index contributed by atoms with van der Waals surface area (Å²) in [6.45, 7) is 7.60. The van der Waals surface area contributed by atoms with Gasteiger partial charge in [0.05, 0.1) is 11.1 Å². The van der Waals surface area contributed by atoms with Gasteiger partial charge in [-0.2, -0.15) is 13.2 Å². The van der Waals surface area contributed by atoms with Crippen LogP contribution in [0.1, 0.15) is 93.1 Å². The predicted octanol–water partition coefficient (Wildman–Crippen LogP) is 5.80. The lowest BCUT2D eigenvalue weighted by Gasteiger charge is -2.29. The summed E-state index contributed by atoms with van der Waals surface area (Å²) in [5, 5.41) is 1.93. The van der Waals surface area contributed by atoms with Crippen molar-refractivity contribution in [1.82, 2.24) is 5.32 Å². The maximum absolute atomic E-state index is 15.8. The highest BCUT2D eigenvalue weighted by Gasteiger charge is 2.59. The molecule has 0 aromatic heterocycles. The van der Waals surface area contributed by atoms with Crippen molar-refractivity contribution in [2.24, 2.45) is 5.92 Å². The number of rotatable bonds is 6. The lowest BCUT2D eigenvalue weighted by Crippen LogP contribution is -2.39. The van der Waals surface area contributed by atoms with Crippen LogP contribution >= 0.6 is 0 Å². The number of hydrogen-bond acceptors (Lipinski definition) is 4. The molecular weight excluding hydrogens is 454 g/mol. The van der Waals surface area contributed by atoms with Crippen molar-refractivity contribution in [1.29, 1.82) is 0 Å².